The molecule has 4 N–H and O–H groups in total. The van der Waals surface area contributed by atoms with Gasteiger partial charge in [-0.1, -0.05) is 6.08 Å². The van der Waals surface area contributed by atoms with Crippen molar-refractivity contribution in [3.8, 4) is 0 Å². The van der Waals surface area contributed by atoms with Crippen molar-refractivity contribution in [3.05, 3.63) is 29.7 Å². The molecular formula is C8H12N2O. The first-order chi connectivity index (χ1) is 5.36. The van der Waals surface area contributed by atoms with Gasteiger partial charge in [-0.25, -0.2) is 0 Å². The minimum Gasteiger partial charge on any atom is -0.460 e. The lowest BCUT2D eigenvalue weighted by molar-refractivity contribution is 0.504. The maximum Gasteiger partial charge on any atom is 0.126 e. The largest absolute Gasteiger partial charge is 0.460 e. The topological polar surface area (TPSA) is 65.2 Å². The summed E-state index contributed by atoms with van der Waals surface area (Å²) in [6.45, 7) is 0.967. The van der Waals surface area contributed by atoms with Crippen molar-refractivity contribution < 1.29 is 4.42 Å². The fourth-order valence-electron chi connectivity index (χ4n) is 0.778. The third kappa shape index (κ3) is 2.22. The van der Waals surface area contributed by atoms with Crippen LogP contribution in [0.2, 0.25) is 0 Å². The van der Waals surface area contributed by atoms with Crippen molar-refractivity contribution >= 4 is 6.08 Å². The molecule has 0 saturated heterocycles. The Hall–Kier alpha value is -1.06. The molecule has 0 aliphatic rings. The van der Waals surface area contributed by atoms with Crippen molar-refractivity contribution in [2.75, 3.05) is 6.54 Å². The van der Waals surface area contributed by atoms with Crippen molar-refractivity contribution in [3.63, 3.8) is 0 Å². The molecule has 0 spiro atoms. The van der Waals surface area contributed by atoms with Crippen LogP contribution in [0.25, 0.3) is 6.08 Å². The highest BCUT2D eigenvalue weighted by Crippen LogP contribution is 2.07. The van der Waals surface area contributed by atoms with E-state index in [0.717, 1.165) is 11.5 Å². The van der Waals surface area contributed by atoms with Gasteiger partial charge in [-0.15, -0.1) is 0 Å². The summed E-state index contributed by atoms with van der Waals surface area (Å²) in [5, 5.41) is 0. The molecule has 0 aliphatic heterocycles. The molecule has 1 rings (SSSR count). The zero-order valence-electron chi connectivity index (χ0n) is 6.29. The van der Waals surface area contributed by atoms with Gasteiger partial charge in [0.15, 0.2) is 0 Å². The Balaban J connectivity index is 2.65. The second kappa shape index (κ2) is 3.95. The van der Waals surface area contributed by atoms with Crippen LogP contribution in [0.1, 0.15) is 11.5 Å². The zero-order valence-corrected chi connectivity index (χ0v) is 6.29. The van der Waals surface area contributed by atoms with Crippen molar-refractivity contribution in [2.24, 2.45) is 11.5 Å². The number of hydrogen-bond acceptors (Lipinski definition) is 3. The van der Waals surface area contributed by atoms with Crippen molar-refractivity contribution in [1.82, 2.24) is 0 Å². The highest BCUT2D eigenvalue weighted by molar-refractivity contribution is 5.42. The molecule has 0 aliphatic carbocycles. The molecule has 0 saturated carbocycles. The van der Waals surface area contributed by atoms with Gasteiger partial charge in [0.05, 0.1) is 6.54 Å². The minimum absolute atomic E-state index is 0.441. The van der Waals surface area contributed by atoms with E-state index in [1.165, 1.54) is 0 Å². The van der Waals surface area contributed by atoms with E-state index in [4.69, 9.17) is 15.9 Å². The first kappa shape index (κ1) is 8.04. The van der Waals surface area contributed by atoms with Crippen molar-refractivity contribution in [2.45, 2.75) is 6.54 Å². The predicted molar refractivity (Wildman–Crippen MR) is 44.7 cm³/mol. The summed E-state index contributed by atoms with van der Waals surface area (Å²) in [5.41, 5.74) is 10.6. The van der Waals surface area contributed by atoms with E-state index in [0.29, 0.717) is 13.1 Å². The van der Waals surface area contributed by atoms with Crippen LogP contribution in [-0.2, 0) is 6.54 Å². The lowest BCUT2D eigenvalue weighted by atomic mass is 10.4. The monoisotopic (exact) mass is 152 g/mol. The molecule has 3 heteroatoms. The van der Waals surface area contributed by atoms with Gasteiger partial charge >= 0.3 is 0 Å². The van der Waals surface area contributed by atoms with Gasteiger partial charge in [-0.2, -0.15) is 0 Å². The molecule has 11 heavy (non-hydrogen) atoms. The number of hydrogen-bond donors (Lipinski definition) is 2. The fraction of sp³-hybridized carbons (Fsp3) is 0.250. The zero-order chi connectivity index (χ0) is 8.10. The minimum atomic E-state index is 0.441. The van der Waals surface area contributed by atoms with Gasteiger partial charge in [0, 0.05) is 6.54 Å². The Morgan fingerprint density at radius 2 is 2.18 bits per heavy atom. The van der Waals surface area contributed by atoms with Crippen LogP contribution in [0.3, 0.4) is 0 Å². The third-order valence-electron chi connectivity index (χ3n) is 1.30. The van der Waals surface area contributed by atoms with Crippen LogP contribution in [0.5, 0.6) is 0 Å². The van der Waals surface area contributed by atoms with E-state index < -0.39 is 0 Å². The highest BCUT2D eigenvalue weighted by atomic mass is 16.3. The van der Waals surface area contributed by atoms with E-state index in [-0.39, 0.29) is 0 Å². The van der Waals surface area contributed by atoms with E-state index in [9.17, 15) is 0 Å². The van der Waals surface area contributed by atoms with Crippen LogP contribution in [0.4, 0.5) is 0 Å². The Morgan fingerprint density at radius 3 is 2.73 bits per heavy atom. The molecule has 0 bridgehead atoms. The lowest BCUT2D eigenvalue weighted by Crippen LogP contribution is -1.92. The molecule has 0 aromatic carbocycles. The standard InChI is InChI=1S/C8H12N2O/c9-5-1-2-7-3-4-8(6-10)11-7/h1-4H,5-6,9-10H2. The fourth-order valence-corrected chi connectivity index (χ4v) is 0.778. The van der Waals surface area contributed by atoms with Gasteiger partial charge in [0.1, 0.15) is 11.5 Å². The van der Waals surface area contributed by atoms with Gasteiger partial charge < -0.3 is 15.9 Å². The molecule has 60 valence electrons. The summed E-state index contributed by atoms with van der Waals surface area (Å²) < 4.78 is 5.27. The van der Waals surface area contributed by atoms with Crippen LogP contribution < -0.4 is 11.5 Å². The normalized spacial score (nSPS) is 11.1. The summed E-state index contributed by atoms with van der Waals surface area (Å²) in [6, 6.07) is 3.73. The first-order valence-electron chi connectivity index (χ1n) is 3.52. The molecule has 0 unspecified atom stereocenters. The van der Waals surface area contributed by atoms with E-state index in [1.54, 1.807) is 0 Å². The van der Waals surface area contributed by atoms with Gasteiger partial charge in [0.25, 0.3) is 0 Å². The molecule has 0 atom stereocenters. The average Bonchev–Trinajstić information content (AvgIpc) is 2.48. The summed E-state index contributed by atoms with van der Waals surface area (Å²) in [7, 11) is 0. The average molecular weight is 152 g/mol. The second-order valence-electron chi connectivity index (χ2n) is 2.15. The summed E-state index contributed by atoms with van der Waals surface area (Å²) in [4.78, 5) is 0. The summed E-state index contributed by atoms with van der Waals surface area (Å²) >= 11 is 0. The SMILES string of the molecule is NCC=Cc1ccc(CN)o1. The molecular weight excluding hydrogens is 140 g/mol. The van der Waals surface area contributed by atoms with E-state index in [2.05, 4.69) is 0 Å². The third-order valence-corrected chi connectivity index (χ3v) is 1.30. The van der Waals surface area contributed by atoms with Crippen molar-refractivity contribution in [1.29, 1.82) is 0 Å². The summed E-state index contributed by atoms with van der Waals surface area (Å²) in [5.74, 6) is 1.59. The first-order valence-corrected chi connectivity index (χ1v) is 3.52. The summed E-state index contributed by atoms with van der Waals surface area (Å²) in [6.07, 6.45) is 3.66. The molecule has 1 aromatic heterocycles. The molecule has 1 heterocycles. The molecule has 3 nitrogen and oxygen atoms in total. The quantitative estimate of drug-likeness (QED) is 0.670. The Labute approximate surface area is 65.7 Å². The lowest BCUT2D eigenvalue weighted by Gasteiger charge is -1.86. The molecule has 0 radical (unpaired) electrons. The van der Waals surface area contributed by atoms with Crippen LogP contribution >= 0.6 is 0 Å². The predicted octanol–water partition coefficient (Wildman–Crippen LogP) is 0.710. The molecule has 1 aromatic rings. The highest BCUT2D eigenvalue weighted by Gasteiger charge is 1.94. The number of furan rings is 1. The maximum atomic E-state index is 5.35. The number of nitrogens with two attached hydrogens (primary N) is 2. The van der Waals surface area contributed by atoms with E-state index in [1.807, 2.05) is 24.3 Å². The Bertz CT molecular complexity index is 240. The second-order valence-corrected chi connectivity index (χ2v) is 2.15. The Kier molecular flexibility index (Phi) is 2.89. The Morgan fingerprint density at radius 1 is 1.36 bits per heavy atom. The smallest absolute Gasteiger partial charge is 0.126 e. The van der Waals surface area contributed by atoms with Gasteiger partial charge in [0.2, 0.25) is 0 Å². The van der Waals surface area contributed by atoms with E-state index >= 15 is 0 Å². The molecule has 0 fully saturated rings. The van der Waals surface area contributed by atoms with Gasteiger partial charge in [-0.05, 0) is 18.2 Å². The van der Waals surface area contributed by atoms with Crippen LogP contribution in [0, 0.1) is 0 Å². The maximum absolute atomic E-state index is 5.35. The van der Waals surface area contributed by atoms with Crippen LogP contribution in [0.15, 0.2) is 22.6 Å². The van der Waals surface area contributed by atoms with Crippen LogP contribution in [-0.4, -0.2) is 6.54 Å². The van der Waals surface area contributed by atoms with Gasteiger partial charge in [-0.3, -0.25) is 0 Å². The number of rotatable bonds is 3. The molecule has 0 amide bonds.